The zero-order chi connectivity index (χ0) is 11.3. The Morgan fingerprint density at radius 2 is 2.13 bits per heavy atom. The number of hydrogen-bond acceptors (Lipinski definition) is 3. The van der Waals surface area contributed by atoms with Crippen LogP contribution in [0.5, 0.6) is 5.75 Å². The Labute approximate surface area is 97.4 Å². The van der Waals surface area contributed by atoms with Crippen LogP contribution in [0.1, 0.15) is 30.9 Å². The van der Waals surface area contributed by atoms with Crippen LogP contribution in [0.25, 0.3) is 0 Å². The number of benzene rings is 1. The molecule has 0 unspecified atom stereocenters. The molecular formula is C12H19NOS. The summed E-state index contributed by atoms with van der Waals surface area (Å²) in [5.41, 5.74) is 2.53. The standard InChI is InChI=1S/C12H19NOS/c1-9(2)10-4-5-12(14-3)11(6-10)7-13-8-15/h4-6,9,13,15H,7-8H2,1-3H3. The van der Waals surface area contributed by atoms with Crippen LogP contribution in [0.3, 0.4) is 0 Å². The van der Waals surface area contributed by atoms with E-state index in [9.17, 15) is 0 Å². The van der Waals surface area contributed by atoms with Crippen molar-refractivity contribution in [3.63, 3.8) is 0 Å². The SMILES string of the molecule is COc1ccc(C(C)C)cc1CNCS. The van der Waals surface area contributed by atoms with Crippen LogP contribution in [0, 0.1) is 0 Å². The first-order valence-electron chi connectivity index (χ1n) is 5.17. The number of thiol groups is 1. The predicted molar refractivity (Wildman–Crippen MR) is 67.8 cm³/mol. The van der Waals surface area contributed by atoms with Gasteiger partial charge in [-0.25, -0.2) is 0 Å². The van der Waals surface area contributed by atoms with Crippen molar-refractivity contribution in [2.45, 2.75) is 26.3 Å². The summed E-state index contributed by atoms with van der Waals surface area (Å²) in [6.45, 7) is 5.18. The van der Waals surface area contributed by atoms with E-state index in [2.05, 4.69) is 43.9 Å². The van der Waals surface area contributed by atoms with Crippen LogP contribution in [0.15, 0.2) is 18.2 Å². The summed E-state index contributed by atoms with van der Waals surface area (Å²) >= 11 is 4.13. The van der Waals surface area contributed by atoms with Crippen molar-refractivity contribution in [1.29, 1.82) is 0 Å². The van der Waals surface area contributed by atoms with E-state index in [-0.39, 0.29) is 0 Å². The fraction of sp³-hybridized carbons (Fsp3) is 0.500. The molecule has 0 saturated carbocycles. The quantitative estimate of drug-likeness (QED) is 0.594. The Kier molecular flexibility index (Phi) is 4.99. The van der Waals surface area contributed by atoms with Gasteiger partial charge in [-0.15, -0.1) is 0 Å². The molecule has 0 atom stereocenters. The van der Waals surface area contributed by atoms with E-state index >= 15 is 0 Å². The predicted octanol–water partition coefficient (Wildman–Crippen LogP) is 2.80. The highest BCUT2D eigenvalue weighted by atomic mass is 32.1. The maximum absolute atomic E-state index is 5.31. The number of ether oxygens (including phenoxy) is 1. The molecular weight excluding hydrogens is 206 g/mol. The second-order valence-corrected chi connectivity index (χ2v) is 4.13. The van der Waals surface area contributed by atoms with E-state index < -0.39 is 0 Å². The number of methoxy groups -OCH3 is 1. The molecule has 0 bridgehead atoms. The number of rotatable bonds is 5. The average molecular weight is 225 g/mol. The minimum Gasteiger partial charge on any atom is -0.496 e. The van der Waals surface area contributed by atoms with Gasteiger partial charge in [0.15, 0.2) is 0 Å². The summed E-state index contributed by atoms with van der Waals surface area (Å²) in [5.74, 6) is 2.16. The van der Waals surface area contributed by atoms with Gasteiger partial charge in [0.05, 0.1) is 7.11 Å². The van der Waals surface area contributed by atoms with Crippen molar-refractivity contribution in [2.24, 2.45) is 0 Å². The van der Waals surface area contributed by atoms with E-state index in [1.54, 1.807) is 7.11 Å². The molecule has 0 radical (unpaired) electrons. The third-order valence-electron chi connectivity index (χ3n) is 2.40. The Morgan fingerprint density at radius 3 is 2.67 bits per heavy atom. The van der Waals surface area contributed by atoms with Gasteiger partial charge in [-0.3, -0.25) is 0 Å². The second kappa shape index (κ2) is 6.03. The number of nitrogens with one attached hydrogen (secondary N) is 1. The lowest BCUT2D eigenvalue weighted by Crippen LogP contribution is -2.11. The minimum absolute atomic E-state index is 0.547. The van der Waals surface area contributed by atoms with E-state index in [1.165, 1.54) is 11.1 Å². The summed E-state index contributed by atoms with van der Waals surface area (Å²) in [7, 11) is 1.70. The smallest absolute Gasteiger partial charge is 0.123 e. The van der Waals surface area contributed by atoms with Crippen molar-refractivity contribution < 1.29 is 4.74 Å². The molecule has 0 aromatic heterocycles. The van der Waals surface area contributed by atoms with Crippen molar-refractivity contribution in [2.75, 3.05) is 13.0 Å². The van der Waals surface area contributed by atoms with Crippen LogP contribution in [-0.4, -0.2) is 13.0 Å². The van der Waals surface area contributed by atoms with Crippen LogP contribution >= 0.6 is 12.6 Å². The second-order valence-electron chi connectivity index (χ2n) is 3.81. The van der Waals surface area contributed by atoms with Crippen LogP contribution in [0.4, 0.5) is 0 Å². The Balaban J connectivity index is 2.91. The van der Waals surface area contributed by atoms with E-state index in [0.717, 1.165) is 12.3 Å². The van der Waals surface area contributed by atoms with Gasteiger partial charge in [0.25, 0.3) is 0 Å². The lowest BCUT2D eigenvalue weighted by molar-refractivity contribution is 0.408. The lowest BCUT2D eigenvalue weighted by atomic mass is 10.0. The molecule has 1 aromatic rings. The lowest BCUT2D eigenvalue weighted by Gasteiger charge is -2.12. The largest absolute Gasteiger partial charge is 0.496 e. The monoisotopic (exact) mass is 225 g/mol. The summed E-state index contributed by atoms with van der Waals surface area (Å²) in [4.78, 5) is 0. The molecule has 0 aliphatic carbocycles. The molecule has 1 N–H and O–H groups in total. The van der Waals surface area contributed by atoms with Gasteiger partial charge < -0.3 is 10.1 Å². The maximum Gasteiger partial charge on any atom is 0.123 e. The average Bonchev–Trinajstić information content (AvgIpc) is 2.25. The molecule has 0 heterocycles. The molecule has 1 aromatic carbocycles. The topological polar surface area (TPSA) is 21.3 Å². The summed E-state index contributed by atoms with van der Waals surface area (Å²) < 4.78 is 5.31. The van der Waals surface area contributed by atoms with Crippen LogP contribution in [-0.2, 0) is 6.54 Å². The first-order valence-corrected chi connectivity index (χ1v) is 5.80. The van der Waals surface area contributed by atoms with E-state index in [0.29, 0.717) is 11.8 Å². The molecule has 0 aliphatic heterocycles. The van der Waals surface area contributed by atoms with Gasteiger partial charge in [0, 0.05) is 18.0 Å². The minimum atomic E-state index is 0.547. The zero-order valence-electron chi connectivity index (χ0n) is 9.58. The summed E-state index contributed by atoms with van der Waals surface area (Å²) in [6.07, 6.45) is 0. The fourth-order valence-electron chi connectivity index (χ4n) is 1.49. The Morgan fingerprint density at radius 1 is 1.40 bits per heavy atom. The van der Waals surface area contributed by atoms with Crippen molar-refractivity contribution in [3.8, 4) is 5.75 Å². The highest BCUT2D eigenvalue weighted by Gasteiger charge is 2.06. The molecule has 2 nitrogen and oxygen atoms in total. The van der Waals surface area contributed by atoms with Gasteiger partial charge >= 0.3 is 0 Å². The van der Waals surface area contributed by atoms with Crippen molar-refractivity contribution >= 4 is 12.6 Å². The maximum atomic E-state index is 5.31. The molecule has 1 rings (SSSR count). The third kappa shape index (κ3) is 3.43. The molecule has 3 heteroatoms. The first-order chi connectivity index (χ1) is 7.19. The summed E-state index contributed by atoms with van der Waals surface area (Å²) in [5, 5.41) is 3.19. The molecule has 0 spiro atoms. The van der Waals surface area contributed by atoms with Crippen molar-refractivity contribution in [3.05, 3.63) is 29.3 Å². The van der Waals surface area contributed by atoms with Gasteiger partial charge in [0.1, 0.15) is 5.75 Å². The molecule has 0 fully saturated rings. The third-order valence-corrected chi connectivity index (χ3v) is 2.62. The Bertz CT molecular complexity index is 312. The highest BCUT2D eigenvalue weighted by Crippen LogP contribution is 2.23. The number of hydrogen-bond donors (Lipinski definition) is 2. The van der Waals surface area contributed by atoms with Crippen molar-refractivity contribution in [1.82, 2.24) is 5.32 Å². The van der Waals surface area contributed by atoms with Gasteiger partial charge in [0.2, 0.25) is 0 Å². The summed E-state index contributed by atoms with van der Waals surface area (Å²) in [6, 6.07) is 6.35. The molecule has 0 aliphatic rings. The molecule has 84 valence electrons. The Hall–Kier alpha value is -0.670. The normalized spacial score (nSPS) is 10.7. The molecule has 15 heavy (non-hydrogen) atoms. The van der Waals surface area contributed by atoms with Crippen LogP contribution in [0.2, 0.25) is 0 Å². The van der Waals surface area contributed by atoms with Gasteiger partial charge in [-0.2, -0.15) is 12.6 Å². The molecule has 0 amide bonds. The molecule has 0 saturated heterocycles. The first kappa shape index (κ1) is 12.4. The van der Waals surface area contributed by atoms with Gasteiger partial charge in [-0.1, -0.05) is 26.0 Å². The van der Waals surface area contributed by atoms with Gasteiger partial charge in [-0.05, 0) is 17.5 Å². The fourth-order valence-corrected chi connectivity index (χ4v) is 1.60. The highest BCUT2D eigenvalue weighted by molar-refractivity contribution is 7.80. The van der Waals surface area contributed by atoms with Crippen LogP contribution < -0.4 is 10.1 Å². The zero-order valence-corrected chi connectivity index (χ0v) is 10.5. The van der Waals surface area contributed by atoms with E-state index in [4.69, 9.17) is 4.74 Å². The van der Waals surface area contributed by atoms with E-state index in [1.807, 2.05) is 6.07 Å².